The zero-order valence-electron chi connectivity index (χ0n) is 18.4. The summed E-state index contributed by atoms with van der Waals surface area (Å²) < 4.78 is 11.2. The topological polar surface area (TPSA) is 76.7 Å². The van der Waals surface area contributed by atoms with Crippen molar-refractivity contribution < 1.29 is 19.1 Å². The Morgan fingerprint density at radius 1 is 0.966 bits per heavy atom. The smallest absolute Gasteiger partial charge is 0.408 e. The molecule has 6 nitrogen and oxygen atoms in total. The summed E-state index contributed by atoms with van der Waals surface area (Å²) in [4.78, 5) is 25.0. The lowest BCUT2D eigenvalue weighted by Crippen LogP contribution is -2.53. The Morgan fingerprint density at radius 2 is 1.59 bits per heavy atom. The van der Waals surface area contributed by atoms with Gasteiger partial charge in [0.05, 0.1) is 6.61 Å². The molecule has 2 N–H and O–H groups in total. The minimum atomic E-state index is -1.16. The average Bonchev–Trinajstić information content (AvgIpc) is 2.58. The number of nitrogens with one attached hydrogen (secondary N) is 2. The summed E-state index contributed by atoms with van der Waals surface area (Å²) in [7, 11) is 0. The zero-order valence-corrected chi connectivity index (χ0v) is 18.4. The van der Waals surface area contributed by atoms with Crippen molar-refractivity contribution in [2.24, 2.45) is 5.92 Å². The SMILES string of the molecule is CC(C)COc1ccc(NC(=O)C(C)(C)NC(=O)OC(C)(C)C)c2ccccc12. The Labute approximate surface area is 173 Å². The Morgan fingerprint density at radius 3 is 2.17 bits per heavy atom. The summed E-state index contributed by atoms with van der Waals surface area (Å²) in [5.41, 5.74) is -1.14. The van der Waals surface area contributed by atoms with Crippen molar-refractivity contribution >= 4 is 28.5 Å². The van der Waals surface area contributed by atoms with Crippen LogP contribution in [0, 0.1) is 5.92 Å². The van der Waals surface area contributed by atoms with E-state index in [0.29, 0.717) is 18.2 Å². The highest BCUT2D eigenvalue weighted by atomic mass is 16.6. The van der Waals surface area contributed by atoms with Crippen LogP contribution in [-0.4, -0.2) is 29.7 Å². The second kappa shape index (κ2) is 8.72. The van der Waals surface area contributed by atoms with Gasteiger partial charge >= 0.3 is 6.09 Å². The minimum absolute atomic E-state index is 0.343. The van der Waals surface area contributed by atoms with Crippen LogP contribution < -0.4 is 15.4 Å². The van der Waals surface area contributed by atoms with Gasteiger partial charge in [0.2, 0.25) is 5.91 Å². The normalized spacial score (nSPS) is 12.0. The fourth-order valence-corrected chi connectivity index (χ4v) is 2.66. The quantitative estimate of drug-likeness (QED) is 0.706. The van der Waals surface area contributed by atoms with Gasteiger partial charge < -0.3 is 20.1 Å². The molecule has 0 aliphatic carbocycles. The maximum atomic E-state index is 12.9. The first-order chi connectivity index (χ1) is 13.4. The van der Waals surface area contributed by atoms with Gasteiger partial charge in [-0.25, -0.2) is 4.79 Å². The molecule has 2 rings (SSSR count). The third-order valence-corrected chi connectivity index (χ3v) is 4.09. The van der Waals surface area contributed by atoms with E-state index >= 15 is 0 Å². The van der Waals surface area contributed by atoms with Gasteiger partial charge in [0.15, 0.2) is 0 Å². The van der Waals surface area contributed by atoms with Crippen molar-refractivity contribution in [1.82, 2.24) is 5.32 Å². The molecule has 2 aromatic rings. The maximum Gasteiger partial charge on any atom is 0.408 e. The van der Waals surface area contributed by atoms with E-state index in [2.05, 4.69) is 24.5 Å². The standard InChI is InChI=1S/C23H32N2O4/c1-15(2)14-28-19-13-12-18(16-10-8-9-11-17(16)19)24-20(26)23(6,7)25-21(27)29-22(3,4)5/h8-13,15H,14H2,1-7H3,(H,24,26)(H,25,27). The molecule has 0 unspecified atom stereocenters. The van der Waals surface area contributed by atoms with E-state index in [1.54, 1.807) is 34.6 Å². The van der Waals surface area contributed by atoms with Gasteiger partial charge in [-0.2, -0.15) is 0 Å². The molecule has 0 atom stereocenters. The van der Waals surface area contributed by atoms with Gasteiger partial charge in [-0.05, 0) is 52.7 Å². The fraction of sp³-hybridized carbons (Fsp3) is 0.478. The first-order valence-electron chi connectivity index (χ1n) is 9.86. The van der Waals surface area contributed by atoms with Gasteiger partial charge in [0, 0.05) is 16.5 Å². The number of rotatable bonds is 6. The lowest BCUT2D eigenvalue weighted by atomic mass is 10.0. The molecule has 0 bridgehead atoms. The summed E-state index contributed by atoms with van der Waals surface area (Å²) in [6.45, 7) is 13.4. The highest BCUT2D eigenvalue weighted by Crippen LogP contribution is 2.32. The third kappa shape index (κ3) is 6.38. The van der Waals surface area contributed by atoms with E-state index in [0.717, 1.165) is 16.5 Å². The van der Waals surface area contributed by atoms with Crippen LogP contribution in [-0.2, 0) is 9.53 Å². The predicted octanol–water partition coefficient (Wildman–Crippen LogP) is 5.12. The Kier molecular flexibility index (Phi) is 6.77. The van der Waals surface area contributed by atoms with Gasteiger partial charge in [-0.1, -0.05) is 38.1 Å². The zero-order chi connectivity index (χ0) is 21.8. The monoisotopic (exact) mass is 400 g/mol. The van der Waals surface area contributed by atoms with E-state index in [1.165, 1.54) is 0 Å². The molecule has 0 aliphatic heterocycles. The summed E-state index contributed by atoms with van der Waals surface area (Å²) in [6, 6.07) is 11.4. The molecule has 0 heterocycles. The molecule has 0 saturated carbocycles. The number of amides is 2. The van der Waals surface area contributed by atoms with Crippen LogP contribution in [0.4, 0.5) is 10.5 Å². The summed E-state index contributed by atoms with van der Waals surface area (Å²) in [5, 5.41) is 7.34. The number of hydrogen-bond donors (Lipinski definition) is 2. The number of anilines is 1. The first-order valence-corrected chi connectivity index (χ1v) is 9.86. The van der Waals surface area contributed by atoms with Crippen LogP contribution in [0.25, 0.3) is 10.8 Å². The number of alkyl carbamates (subject to hydrolysis) is 1. The largest absolute Gasteiger partial charge is 0.493 e. The first kappa shape index (κ1) is 22.5. The van der Waals surface area contributed by atoms with Crippen LogP contribution in [0.1, 0.15) is 48.5 Å². The van der Waals surface area contributed by atoms with Crippen molar-refractivity contribution in [2.45, 2.75) is 59.6 Å². The molecule has 0 spiro atoms. The van der Waals surface area contributed by atoms with Crippen LogP contribution >= 0.6 is 0 Å². The fourth-order valence-electron chi connectivity index (χ4n) is 2.66. The lowest BCUT2D eigenvalue weighted by molar-refractivity contribution is -0.121. The molecular weight excluding hydrogens is 368 g/mol. The van der Waals surface area contributed by atoms with Gasteiger partial charge in [0.1, 0.15) is 16.9 Å². The molecule has 0 aliphatic rings. The molecule has 0 radical (unpaired) electrons. The molecule has 2 aromatic carbocycles. The van der Waals surface area contributed by atoms with Crippen molar-refractivity contribution in [1.29, 1.82) is 0 Å². The van der Waals surface area contributed by atoms with Crippen LogP contribution in [0.5, 0.6) is 5.75 Å². The van der Waals surface area contributed by atoms with E-state index < -0.39 is 17.2 Å². The van der Waals surface area contributed by atoms with Crippen LogP contribution in [0.3, 0.4) is 0 Å². The van der Waals surface area contributed by atoms with Crippen molar-refractivity contribution in [3.8, 4) is 5.75 Å². The average molecular weight is 401 g/mol. The number of carbonyl (C=O) groups is 2. The summed E-state index contributed by atoms with van der Waals surface area (Å²) in [6.07, 6.45) is -0.639. The molecular formula is C23H32N2O4. The van der Waals surface area contributed by atoms with Crippen molar-refractivity contribution in [3.05, 3.63) is 36.4 Å². The number of benzene rings is 2. The maximum absolute atomic E-state index is 12.9. The van der Waals surface area contributed by atoms with E-state index in [9.17, 15) is 9.59 Å². The molecule has 0 aromatic heterocycles. The molecule has 0 fully saturated rings. The highest BCUT2D eigenvalue weighted by molar-refractivity contribution is 6.07. The van der Waals surface area contributed by atoms with Gasteiger partial charge in [0.25, 0.3) is 0 Å². The number of hydrogen-bond acceptors (Lipinski definition) is 4. The number of carbonyl (C=O) groups excluding carboxylic acids is 2. The molecule has 158 valence electrons. The Balaban J connectivity index is 2.21. The lowest BCUT2D eigenvalue weighted by Gasteiger charge is -2.28. The molecule has 2 amide bonds. The second-order valence-electron chi connectivity index (χ2n) is 9.07. The van der Waals surface area contributed by atoms with Crippen LogP contribution in [0.2, 0.25) is 0 Å². The Hall–Kier alpha value is -2.76. The summed E-state index contributed by atoms with van der Waals surface area (Å²) >= 11 is 0. The van der Waals surface area contributed by atoms with E-state index in [4.69, 9.17) is 9.47 Å². The van der Waals surface area contributed by atoms with Gasteiger partial charge in [-0.3, -0.25) is 4.79 Å². The minimum Gasteiger partial charge on any atom is -0.493 e. The van der Waals surface area contributed by atoms with Crippen LogP contribution in [0.15, 0.2) is 36.4 Å². The van der Waals surface area contributed by atoms with Crippen molar-refractivity contribution in [3.63, 3.8) is 0 Å². The van der Waals surface area contributed by atoms with Gasteiger partial charge in [-0.15, -0.1) is 0 Å². The van der Waals surface area contributed by atoms with Crippen molar-refractivity contribution in [2.75, 3.05) is 11.9 Å². The highest BCUT2D eigenvalue weighted by Gasteiger charge is 2.32. The molecule has 29 heavy (non-hydrogen) atoms. The van der Waals surface area contributed by atoms with E-state index in [1.807, 2.05) is 36.4 Å². The van der Waals surface area contributed by atoms with E-state index in [-0.39, 0.29) is 5.91 Å². The second-order valence-corrected chi connectivity index (χ2v) is 9.07. The number of fused-ring (bicyclic) bond motifs is 1. The molecule has 0 saturated heterocycles. The number of ether oxygens (including phenoxy) is 2. The third-order valence-electron chi connectivity index (χ3n) is 4.09. The predicted molar refractivity (Wildman–Crippen MR) is 116 cm³/mol. The Bertz CT molecular complexity index is 882. The summed E-state index contributed by atoms with van der Waals surface area (Å²) in [5.74, 6) is 0.843. The molecule has 6 heteroatoms.